The number of carbonyl (C=O) groups excluding carboxylic acids is 1. The van der Waals surface area contributed by atoms with Crippen LogP contribution in [0.3, 0.4) is 0 Å². The number of urea groups is 1. The van der Waals surface area contributed by atoms with E-state index >= 15 is 0 Å². The molecule has 2 N–H and O–H groups in total. The largest absolute Gasteiger partial charge is 0.478 e. The van der Waals surface area contributed by atoms with Crippen molar-refractivity contribution in [2.45, 2.75) is 25.3 Å². The summed E-state index contributed by atoms with van der Waals surface area (Å²) in [5, 5.41) is 11.6. The number of nitrogens with one attached hydrogen (secondary N) is 1. The van der Waals surface area contributed by atoms with E-state index in [1.807, 2.05) is 0 Å². The molecule has 6 heteroatoms. The van der Waals surface area contributed by atoms with Gasteiger partial charge in [-0.3, -0.25) is 0 Å². The molecule has 0 spiro atoms. The number of anilines is 1. The Morgan fingerprint density at radius 1 is 1.35 bits per heavy atom. The number of nitrogens with zero attached hydrogens (tertiary/aromatic N) is 1. The van der Waals surface area contributed by atoms with Crippen LogP contribution in [0.15, 0.2) is 18.2 Å². The van der Waals surface area contributed by atoms with Crippen molar-refractivity contribution in [3.8, 4) is 0 Å². The lowest BCUT2D eigenvalue weighted by atomic mass is 10.1. The van der Waals surface area contributed by atoms with Gasteiger partial charge in [0.05, 0.1) is 5.69 Å². The number of benzene rings is 1. The van der Waals surface area contributed by atoms with Crippen LogP contribution >= 0.6 is 0 Å². The van der Waals surface area contributed by atoms with Crippen LogP contribution in [0.2, 0.25) is 0 Å². The molecule has 1 heterocycles. The van der Waals surface area contributed by atoms with E-state index < -0.39 is 17.3 Å². The van der Waals surface area contributed by atoms with Crippen LogP contribution in [0.4, 0.5) is 14.9 Å². The van der Waals surface area contributed by atoms with Crippen LogP contribution in [0.1, 0.15) is 29.6 Å². The molecule has 2 bridgehead atoms. The first-order valence-electron chi connectivity index (χ1n) is 6.65. The number of carboxylic acid groups (broad SMARTS) is 1. The maximum atomic E-state index is 13.5. The molecule has 0 aromatic heterocycles. The zero-order valence-corrected chi connectivity index (χ0v) is 10.8. The van der Waals surface area contributed by atoms with Crippen molar-refractivity contribution in [3.63, 3.8) is 0 Å². The highest BCUT2D eigenvalue weighted by molar-refractivity contribution is 6.00. The Balaban J connectivity index is 1.80. The third-order valence-electron chi connectivity index (χ3n) is 4.14. The monoisotopic (exact) mass is 278 g/mol. The van der Waals surface area contributed by atoms with E-state index in [2.05, 4.69) is 5.32 Å². The van der Waals surface area contributed by atoms with Crippen LogP contribution in [-0.2, 0) is 0 Å². The van der Waals surface area contributed by atoms with E-state index in [1.165, 1.54) is 12.1 Å². The van der Waals surface area contributed by atoms with Gasteiger partial charge in [0.25, 0.3) is 0 Å². The number of rotatable bonds is 2. The fourth-order valence-electron chi connectivity index (χ4n) is 3.21. The molecule has 5 nitrogen and oxygen atoms in total. The number of piperidine rings is 1. The minimum atomic E-state index is -1.39. The standard InChI is InChI=1S/C14H15FN2O3/c15-10-2-1-3-11(12(10)13(18)19)16-14(20)17-7-8-4-5-9(17)6-8/h1-3,8-9H,4-7H2,(H,16,20)(H,18,19). The average Bonchev–Trinajstić information content (AvgIpc) is 3.00. The number of hydrogen-bond donors (Lipinski definition) is 2. The first kappa shape index (κ1) is 12.9. The first-order chi connectivity index (χ1) is 9.56. The predicted octanol–water partition coefficient (Wildman–Crippen LogP) is 2.54. The Kier molecular flexibility index (Phi) is 3.08. The molecule has 1 saturated carbocycles. The number of carbonyl (C=O) groups is 2. The Morgan fingerprint density at radius 3 is 2.75 bits per heavy atom. The quantitative estimate of drug-likeness (QED) is 0.873. The van der Waals surface area contributed by atoms with Gasteiger partial charge < -0.3 is 15.3 Å². The molecule has 1 aromatic rings. The molecule has 1 aliphatic carbocycles. The number of hydrogen-bond acceptors (Lipinski definition) is 2. The van der Waals surface area contributed by atoms with Gasteiger partial charge in [0.2, 0.25) is 0 Å². The van der Waals surface area contributed by atoms with Gasteiger partial charge in [-0.05, 0) is 37.3 Å². The summed E-state index contributed by atoms with van der Waals surface area (Å²) in [4.78, 5) is 25.0. The molecule has 106 valence electrons. The average molecular weight is 278 g/mol. The van der Waals surface area contributed by atoms with Crippen molar-refractivity contribution in [1.82, 2.24) is 4.90 Å². The Hall–Kier alpha value is -2.11. The summed E-state index contributed by atoms with van der Waals surface area (Å²) in [7, 11) is 0. The van der Waals surface area contributed by atoms with E-state index in [0.29, 0.717) is 12.5 Å². The molecular weight excluding hydrogens is 263 g/mol. The zero-order valence-electron chi connectivity index (χ0n) is 10.8. The van der Waals surface area contributed by atoms with Crippen molar-refractivity contribution >= 4 is 17.7 Å². The molecule has 1 saturated heterocycles. The Bertz CT molecular complexity index is 576. The molecular formula is C14H15FN2O3. The number of aromatic carboxylic acids is 1. The van der Waals surface area contributed by atoms with Gasteiger partial charge in [0.1, 0.15) is 11.4 Å². The molecule has 20 heavy (non-hydrogen) atoms. The van der Waals surface area contributed by atoms with Crippen molar-refractivity contribution in [2.75, 3.05) is 11.9 Å². The summed E-state index contributed by atoms with van der Waals surface area (Å²) in [5.41, 5.74) is -0.490. The normalized spacial score (nSPS) is 23.9. The number of halogens is 1. The van der Waals surface area contributed by atoms with E-state index in [4.69, 9.17) is 5.11 Å². The maximum absolute atomic E-state index is 13.5. The van der Waals surface area contributed by atoms with Gasteiger partial charge in [-0.15, -0.1) is 0 Å². The van der Waals surface area contributed by atoms with Crippen molar-refractivity contribution in [1.29, 1.82) is 0 Å². The third-order valence-corrected chi connectivity index (χ3v) is 4.14. The fraction of sp³-hybridized carbons (Fsp3) is 0.429. The minimum Gasteiger partial charge on any atom is -0.478 e. The molecule has 3 rings (SSSR count). The first-order valence-corrected chi connectivity index (χ1v) is 6.65. The van der Waals surface area contributed by atoms with Gasteiger partial charge in [-0.2, -0.15) is 0 Å². The lowest BCUT2D eigenvalue weighted by molar-refractivity contribution is 0.0693. The van der Waals surface area contributed by atoms with Crippen molar-refractivity contribution < 1.29 is 19.1 Å². The second-order valence-electron chi connectivity index (χ2n) is 5.38. The summed E-state index contributed by atoms with van der Waals surface area (Å²) < 4.78 is 13.5. The van der Waals surface area contributed by atoms with Gasteiger partial charge >= 0.3 is 12.0 Å². The molecule has 2 fully saturated rings. The minimum absolute atomic E-state index is 0.00488. The van der Waals surface area contributed by atoms with Crippen LogP contribution in [0.25, 0.3) is 0 Å². The fourth-order valence-corrected chi connectivity index (χ4v) is 3.21. The van der Waals surface area contributed by atoms with E-state index in [-0.39, 0.29) is 17.8 Å². The molecule has 1 aromatic carbocycles. The maximum Gasteiger partial charge on any atom is 0.340 e. The Morgan fingerprint density at radius 2 is 2.15 bits per heavy atom. The highest BCUT2D eigenvalue weighted by atomic mass is 19.1. The summed E-state index contributed by atoms with van der Waals surface area (Å²) in [6, 6.07) is 3.75. The number of amides is 2. The van der Waals surface area contributed by atoms with Crippen LogP contribution in [0.5, 0.6) is 0 Å². The highest BCUT2D eigenvalue weighted by Crippen LogP contribution is 2.37. The van der Waals surface area contributed by atoms with Crippen LogP contribution < -0.4 is 5.32 Å². The van der Waals surface area contributed by atoms with Gasteiger partial charge in [0.15, 0.2) is 0 Å². The highest BCUT2D eigenvalue weighted by Gasteiger charge is 2.40. The van der Waals surface area contributed by atoms with Crippen LogP contribution in [-0.4, -0.2) is 34.6 Å². The zero-order chi connectivity index (χ0) is 14.3. The summed E-state index contributed by atoms with van der Waals surface area (Å²) in [6.07, 6.45) is 3.16. The summed E-state index contributed by atoms with van der Waals surface area (Å²) >= 11 is 0. The predicted molar refractivity (Wildman–Crippen MR) is 70.2 cm³/mol. The van der Waals surface area contributed by atoms with Gasteiger partial charge in [-0.25, -0.2) is 14.0 Å². The molecule has 2 unspecified atom stereocenters. The number of likely N-dealkylation sites (tertiary alicyclic amines) is 1. The van der Waals surface area contributed by atoms with E-state index in [0.717, 1.165) is 25.3 Å². The lowest BCUT2D eigenvalue weighted by Gasteiger charge is -2.27. The Labute approximate surface area is 115 Å². The van der Waals surface area contributed by atoms with Crippen LogP contribution in [0, 0.1) is 11.7 Å². The number of carboxylic acids is 1. The second-order valence-corrected chi connectivity index (χ2v) is 5.38. The van der Waals surface area contributed by atoms with E-state index in [9.17, 15) is 14.0 Å². The summed E-state index contributed by atoms with van der Waals surface area (Å²) in [6.45, 7) is 0.703. The molecule has 0 radical (unpaired) electrons. The van der Waals surface area contributed by atoms with E-state index in [1.54, 1.807) is 4.90 Å². The topological polar surface area (TPSA) is 69.6 Å². The molecule has 2 aliphatic rings. The molecule has 1 aliphatic heterocycles. The van der Waals surface area contributed by atoms with Gasteiger partial charge in [0, 0.05) is 12.6 Å². The lowest BCUT2D eigenvalue weighted by Crippen LogP contribution is -2.40. The van der Waals surface area contributed by atoms with Gasteiger partial charge in [-0.1, -0.05) is 6.07 Å². The third kappa shape index (κ3) is 2.11. The molecule has 2 amide bonds. The number of fused-ring (bicyclic) bond motifs is 2. The molecule has 2 atom stereocenters. The second kappa shape index (κ2) is 4.77. The summed E-state index contributed by atoms with van der Waals surface area (Å²) in [5.74, 6) is -1.68. The van der Waals surface area contributed by atoms with Crippen molar-refractivity contribution in [2.24, 2.45) is 5.92 Å². The smallest absolute Gasteiger partial charge is 0.340 e. The SMILES string of the molecule is O=C(O)c1c(F)cccc1NC(=O)N1CC2CCC1C2. The van der Waals surface area contributed by atoms with Crippen molar-refractivity contribution in [3.05, 3.63) is 29.6 Å².